The van der Waals surface area contributed by atoms with Gasteiger partial charge in [-0.3, -0.25) is 0 Å². The number of thiophene rings is 1. The van der Waals surface area contributed by atoms with Gasteiger partial charge in [-0.25, -0.2) is 0 Å². The highest BCUT2D eigenvalue weighted by Crippen LogP contribution is 2.21. The lowest BCUT2D eigenvalue weighted by molar-refractivity contribution is 0.523. The first-order valence-corrected chi connectivity index (χ1v) is 6.04. The van der Waals surface area contributed by atoms with E-state index in [0.717, 1.165) is 19.6 Å². The first kappa shape index (κ1) is 11.2. The van der Waals surface area contributed by atoms with Crippen molar-refractivity contribution in [3.05, 3.63) is 20.8 Å². The van der Waals surface area contributed by atoms with Gasteiger partial charge in [0, 0.05) is 15.9 Å². The van der Waals surface area contributed by atoms with Gasteiger partial charge in [-0.05, 0) is 46.4 Å². The highest BCUT2D eigenvalue weighted by molar-refractivity contribution is 9.10. The van der Waals surface area contributed by atoms with Crippen molar-refractivity contribution in [2.24, 2.45) is 11.7 Å². The van der Waals surface area contributed by atoms with E-state index < -0.39 is 0 Å². The van der Waals surface area contributed by atoms with E-state index in [2.05, 4.69) is 39.6 Å². The minimum absolute atomic E-state index is 0.554. The molecule has 1 heterocycles. The lowest BCUT2D eigenvalue weighted by Crippen LogP contribution is -2.25. The number of hydrogen-bond acceptors (Lipinski definition) is 3. The van der Waals surface area contributed by atoms with Crippen molar-refractivity contribution in [2.45, 2.75) is 13.5 Å². The van der Waals surface area contributed by atoms with Crippen molar-refractivity contribution in [3.8, 4) is 0 Å². The summed E-state index contributed by atoms with van der Waals surface area (Å²) in [4.78, 5) is 1.35. The normalized spacial score (nSPS) is 13.2. The molecule has 1 unspecified atom stereocenters. The van der Waals surface area contributed by atoms with Gasteiger partial charge in [0.15, 0.2) is 0 Å². The number of rotatable bonds is 5. The minimum Gasteiger partial charge on any atom is -0.330 e. The molecule has 1 aromatic rings. The SMILES string of the molecule is CC(CN)CNCc1sccc1Br. The zero-order valence-corrected chi connectivity index (χ0v) is 10.1. The van der Waals surface area contributed by atoms with Crippen LogP contribution in [0.1, 0.15) is 11.8 Å². The molecular formula is C9H15BrN2S. The van der Waals surface area contributed by atoms with Crippen molar-refractivity contribution in [1.82, 2.24) is 5.32 Å². The van der Waals surface area contributed by atoms with E-state index in [0.29, 0.717) is 5.92 Å². The van der Waals surface area contributed by atoms with Gasteiger partial charge >= 0.3 is 0 Å². The maximum absolute atomic E-state index is 5.51. The fourth-order valence-electron chi connectivity index (χ4n) is 0.967. The molecular weight excluding hydrogens is 248 g/mol. The molecule has 1 rings (SSSR count). The Kier molecular flexibility index (Phi) is 4.94. The van der Waals surface area contributed by atoms with Crippen molar-refractivity contribution >= 4 is 27.3 Å². The fourth-order valence-corrected chi connectivity index (χ4v) is 2.43. The van der Waals surface area contributed by atoms with E-state index in [9.17, 15) is 0 Å². The van der Waals surface area contributed by atoms with Crippen LogP contribution in [-0.2, 0) is 6.54 Å². The monoisotopic (exact) mass is 262 g/mol. The van der Waals surface area contributed by atoms with Crippen LogP contribution in [0, 0.1) is 5.92 Å². The number of hydrogen-bond donors (Lipinski definition) is 2. The summed E-state index contributed by atoms with van der Waals surface area (Å²) in [5, 5.41) is 5.47. The van der Waals surface area contributed by atoms with E-state index in [-0.39, 0.29) is 0 Å². The van der Waals surface area contributed by atoms with Gasteiger partial charge < -0.3 is 11.1 Å². The second-order valence-electron chi connectivity index (χ2n) is 3.16. The smallest absolute Gasteiger partial charge is 0.0327 e. The topological polar surface area (TPSA) is 38.0 Å². The van der Waals surface area contributed by atoms with Gasteiger partial charge in [-0.1, -0.05) is 6.92 Å². The predicted octanol–water partition coefficient (Wildman–Crippen LogP) is 2.20. The maximum Gasteiger partial charge on any atom is 0.0327 e. The van der Waals surface area contributed by atoms with Crippen LogP contribution in [0.4, 0.5) is 0 Å². The van der Waals surface area contributed by atoms with Crippen molar-refractivity contribution in [2.75, 3.05) is 13.1 Å². The largest absolute Gasteiger partial charge is 0.330 e. The molecule has 1 aromatic heterocycles. The summed E-state index contributed by atoms with van der Waals surface area (Å²) in [5.41, 5.74) is 5.51. The second-order valence-corrected chi connectivity index (χ2v) is 5.02. The van der Waals surface area contributed by atoms with E-state index >= 15 is 0 Å². The van der Waals surface area contributed by atoms with Gasteiger partial charge in [-0.15, -0.1) is 11.3 Å². The summed E-state index contributed by atoms with van der Waals surface area (Å²) in [5.74, 6) is 0.554. The van der Waals surface area contributed by atoms with Crippen molar-refractivity contribution in [3.63, 3.8) is 0 Å². The zero-order valence-electron chi connectivity index (χ0n) is 7.72. The first-order valence-electron chi connectivity index (χ1n) is 4.36. The first-order chi connectivity index (χ1) is 6.24. The molecule has 13 heavy (non-hydrogen) atoms. The van der Waals surface area contributed by atoms with Crippen LogP contribution in [0.15, 0.2) is 15.9 Å². The molecule has 0 radical (unpaired) electrons. The maximum atomic E-state index is 5.51. The van der Waals surface area contributed by atoms with Gasteiger partial charge in [0.1, 0.15) is 0 Å². The average molecular weight is 263 g/mol. The minimum atomic E-state index is 0.554. The molecule has 0 aliphatic rings. The van der Waals surface area contributed by atoms with Crippen LogP contribution in [-0.4, -0.2) is 13.1 Å². The van der Waals surface area contributed by atoms with Gasteiger partial charge in [-0.2, -0.15) is 0 Å². The number of nitrogens with two attached hydrogens (primary N) is 1. The highest BCUT2D eigenvalue weighted by Gasteiger charge is 2.02. The Morgan fingerprint density at radius 1 is 1.69 bits per heavy atom. The van der Waals surface area contributed by atoms with Crippen molar-refractivity contribution < 1.29 is 0 Å². The molecule has 0 bridgehead atoms. The molecule has 0 saturated carbocycles. The third-order valence-electron chi connectivity index (χ3n) is 1.87. The molecule has 0 spiro atoms. The molecule has 4 heteroatoms. The summed E-state index contributed by atoms with van der Waals surface area (Å²) in [6.45, 7) is 4.82. The predicted molar refractivity (Wildman–Crippen MR) is 61.9 cm³/mol. The Hall–Kier alpha value is 0.100. The zero-order chi connectivity index (χ0) is 9.68. The summed E-state index contributed by atoms with van der Waals surface area (Å²) in [6.07, 6.45) is 0. The molecule has 0 amide bonds. The molecule has 3 N–H and O–H groups in total. The Labute approximate surface area is 91.7 Å². The summed E-state index contributed by atoms with van der Waals surface area (Å²) in [7, 11) is 0. The van der Waals surface area contributed by atoms with Crippen LogP contribution in [0.25, 0.3) is 0 Å². The third-order valence-corrected chi connectivity index (χ3v) is 3.80. The average Bonchev–Trinajstić information content (AvgIpc) is 2.52. The quantitative estimate of drug-likeness (QED) is 0.854. The van der Waals surface area contributed by atoms with E-state index in [1.54, 1.807) is 11.3 Å². The molecule has 0 saturated heterocycles. The lowest BCUT2D eigenvalue weighted by atomic mass is 10.2. The molecule has 0 aromatic carbocycles. The van der Waals surface area contributed by atoms with E-state index in [4.69, 9.17) is 5.73 Å². The molecule has 0 fully saturated rings. The highest BCUT2D eigenvalue weighted by atomic mass is 79.9. The second kappa shape index (κ2) is 5.75. The Morgan fingerprint density at radius 3 is 3.00 bits per heavy atom. The van der Waals surface area contributed by atoms with E-state index in [1.165, 1.54) is 9.35 Å². The number of nitrogens with one attached hydrogen (secondary N) is 1. The molecule has 74 valence electrons. The van der Waals surface area contributed by atoms with Crippen LogP contribution in [0.3, 0.4) is 0 Å². The summed E-state index contributed by atoms with van der Waals surface area (Å²) >= 11 is 5.26. The Bertz CT molecular complexity index is 250. The van der Waals surface area contributed by atoms with Crippen molar-refractivity contribution in [1.29, 1.82) is 0 Å². The molecule has 0 aliphatic heterocycles. The number of halogens is 1. The summed E-state index contributed by atoms with van der Waals surface area (Å²) in [6, 6.07) is 2.08. The van der Waals surface area contributed by atoms with Gasteiger partial charge in [0.2, 0.25) is 0 Å². The van der Waals surface area contributed by atoms with Gasteiger partial charge in [0.05, 0.1) is 0 Å². The molecule has 2 nitrogen and oxygen atoms in total. The molecule has 1 atom stereocenters. The third kappa shape index (κ3) is 3.77. The Morgan fingerprint density at radius 2 is 2.46 bits per heavy atom. The van der Waals surface area contributed by atoms with Crippen LogP contribution < -0.4 is 11.1 Å². The standard InChI is InChI=1S/C9H15BrN2S/c1-7(4-11)5-12-6-9-8(10)2-3-13-9/h2-3,7,12H,4-6,11H2,1H3. The van der Waals surface area contributed by atoms with Crippen LogP contribution >= 0.6 is 27.3 Å². The van der Waals surface area contributed by atoms with E-state index in [1.807, 2.05) is 0 Å². The van der Waals surface area contributed by atoms with Crippen LogP contribution in [0.2, 0.25) is 0 Å². The van der Waals surface area contributed by atoms with Gasteiger partial charge in [0.25, 0.3) is 0 Å². The van der Waals surface area contributed by atoms with Crippen LogP contribution in [0.5, 0.6) is 0 Å². The lowest BCUT2D eigenvalue weighted by Gasteiger charge is -2.08. The fraction of sp³-hybridized carbons (Fsp3) is 0.556. The summed E-state index contributed by atoms with van der Waals surface area (Å²) < 4.78 is 1.20. The Balaban J connectivity index is 2.24. The molecule has 0 aliphatic carbocycles.